The van der Waals surface area contributed by atoms with Gasteiger partial charge in [-0.15, -0.1) is 0 Å². The Kier molecular flexibility index (Phi) is 7.03. The molecule has 7 heteroatoms. The Morgan fingerprint density at radius 1 is 1.31 bits per heavy atom. The van der Waals surface area contributed by atoms with Crippen LogP contribution in [0.5, 0.6) is 11.5 Å². The van der Waals surface area contributed by atoms with Crippen LogP contribution in [-0.2, 0) is 14.3 Å². The molecule has 0 aromatic heterocycles. The van der Waals surface area contributed by atoms with Crippen molar-refractivity contribution in [2.24, 2.45) is 0 Å². The van der Waals surface area contributed by atoms with E-state index in [0.717, 1.165) is 25.9 Å². The number of carbonyl (C=O) groups is 2. The summed E-state index contributed by atoms with van der Waals surface area (Å²) in [5.74, 6) is 0.144. The smallest absolute Gasteiger partial charge is 0.331 e. The van der Waals surface area contributed by atoms with Crippen molar-refractivity contribution in [3.05, 3.63) is 29.8 Å². The molecule has 7 nitrogen and oxygen atoms in total. The minimum absolute atomic E-state index is 0.0825. The van der Waals surface area contributed by atoms with Crippen molar-refractivity contribution in [1.29, 1.82) is 5.26 Å². The molecule has 1 atom stereocenters. The van der Waals surface area contributed by atoms with Crippen LogP contribution >= 0.6 is 0 Å². The summed E-state index contributed by atoms with van der Waals surface area (Å²) >= 11 is 0. The number of esters is 1. The van der Waals surface area contributed by atoms with E-state index in [1.807, 2.05) is 6.07 Å². The number of carbonyl (C=O) groups excluding carboxylic acids is 2. The summed E-state index contributed by atoms with van der Waals surface area (Å²) in [6.45, 7) is 2.94. The van der Waals surface area contributed by atoms with E-state index in [-0.39, 0.29) is 12.5 Å². The maximum Gasteiger partial charge on any atom is 0.331 e. The lowest BCUT2D eigenvalue weighted by Crippen LogP contribution is -2.37. The SMILES string of the molecule is COc1cc(/C=C/C(=O)O[C@@H](C)C(=O)N2CCCC2)ccc1OCC#N. The lowest BCUT2D eigenvalue weighted by Gasteiger charge is -2.19. The molecule has 0 radical (unpaired) electrons. The maximum atomic E-state index is 12.1. The largest absolute Gasteiger partial charge is 0.493 e. The molecule has 0 aliphatic carbocycles. The van der Waals surface area contributed by atoms with Crippen LogP contribution in [0, 0.1) is 11.3 Å². The fourth-order valence-electron chi connectivity index (χ4n) is 2.64. The fraction of sp³-hybridized carbons (Fsp3) is 0.421. The van der Waals surface area contributed by atoms with Crippen LogP contribution in [0.3, 0.4) is 0 Å². The van der Waals surface area contributed by atoms with Gasteiger partial charge in [-0.05, 0) is 43.5 Å². The number of rotatable bonds is 7. The zero-order valence-corrected chi connectivity index (χ0v) is 14.9. The summed E-state index contributed by atoms with van der Waals surface area (Å²) in [5, 5.41) is 8.57. The van der Waals surface area contributed by atoms with Gasteiger partial charge >= 0.3 is 5.97 Å². The van der Waals surface area contributed by atoms with Crippen molar-refractivity contribution < 1.29 is 23.8 Å². The lowest BCUT2D eigenvalue weighted by atomic mass is 10.2. The first-order chi connectivity index (χ1) is 12.5. The van der Waals surface area contributed by atoms with Gasteiger partial charge in [0.2, 0.25) is 0 Å². The second-order valence-corrected chi connectivity index (χ2v) is 5.80. The van der Waals surface area contributed by atoms with Gasteiger partial charge in [-0.2, -0.15) is 5.26 Å². The van der Waals surface area contributed by atoms with Crippen molar-refractivity contribution in [3.8, 4) is 17.6 Å². The zero-order valence-electron chi connectivity index (χ0n) is 14.9. The minimum Gasteiger partial charge on any atom is -0.493 e. The Balaban J connectivity index is 1.94. The lowest BCUT2D eigenvalue weighted by molar-refractivity contribution is -0.154. The summed E-state index contributed by atoms with van der Waals surface area (Å²) in [6, 6.07) is 6.94. The zero-order chi connectivity index (χ0) is 18.9. The first-order valence-electron chi connectivity index (χ1n) is 8.40. The second-order valence-electron chi connectivity index (χ2n) is 5.80. The summed E-state index contributed by atoms with van der Waals surface area (Å²) in [6.07, 6.45) is 4.00. The summed E-state index contributed by atoms with van der Waals surface area (Å²) < 4.78 is 15.6. The molecular weight excluding hydrogens is 336 g/mol. The molecule has 1 aliphatic rings. The number of hydrogen-bond donors (Lipinski definition) is 0. The average Bonchev–Trinajstić information content (AvgIpc) is 3.18. The third-order valence-corrected chi connectivity index (χ3v) is 3.95. The van der Waals surface area contributed by atoms with Gasteiger partial charge in [-0.25, -0.2) is 4.79 Å². The van der Waals surface area contributed by atoms with Crippen molar-refractivity contribution >= 4 is 18.0 Å². The van der Waals surface area contributed by atoms with E-state index >= 15 is 0 Å². The normalized spacial score (nSPS) is 14.7. The Hall–Kier alpha value is -3.01. The molecule has 1 heterocycles. The molecule has 0 unspecified atom stereocenters. The average molecular weight is 358 g/mol. The predicted molar refractivity (Wildman–Crippen MR) is 94.5 cm³/mol. The van der Waals surface area contributed by atoms with E-state index in [1.165, 1.54) is 13.2 Å². The minimum atomic E-state index is -0.804. The Labute approximate surface area is 152 Å². The third-order valence-electron chi connectivity index (χ3n) is 3.95. The number of nitrogens with zero attached hydrogens (tertiary/aromatic N) is 2. The van der Waals surface area contributed by atoms with Crippen molar-refractivity contribution in [2.45, 2.75) is 25.9 Å². The number of hydrogen-bond acceptors (Lipinski definition) is 6. The van der Waals surface area contributed by atoms with Gasteiger partial charge in [0.15, 0.2) is 24.2 Å². The highest BCUT2D eigenvalue weighted by Gasteiger charge is 2.25. The van der Waals surface area contributed by atoms with Crippen LogP contribution in [0.4, 0.5) is 0 Å². The van der Waals surface area contributed by atoms with Crippen molar-refractivity contribution in [1.82, 2.24) is 4.90 Å². The highest BCUT2D eigenvalue weighted by molar-refractivity contribution is 5.90. The van der Waals surface area contributed by atoms with Crippen molar-refractivity contribution in [3.63, 3.8) is 0 Å². The molecular formula is C19H22N2O5. The molecule has 0 bridgehead atoms. The third kappa shape index (κ3) is 5.24. The predicted octanol–water partition coefficient (Wildman–Crippen LogP) is 2.16. The van der Waals surface area contributed by atoms with Gasteiger partial charge in [0.1, 0.15) is 6.07 Å². The molecule has 1 aliphatic heterocycles. The summed E-state index contributed by atoms with van der Waals surface area (Å²) in [5.41, 5.74) is 0.696. The van der Waals surface area contributed by atoms with Gasteiger partial charge in [-0.3, -0.25) is 4.79 Å². The molecule has 1 aromatic rings. The van der Waals surface area contributed by atoms with Gasteiger partial charge < -0.3 is 19.1 Å². The number of methoxy groups -OCH3 is 1. The molecule has 1 amide bonds. The van der Waals surface area contributed by atoms with Gasteiger partial charge in [0.25, 0.3) is 5.91 Å². The van der Waals surface area contributed by atoms with E-state index in [1.54, 1.807) is 36.1 Å². The van der Waals surface area contributed by atoms with Crippen molar-refractivity contribution in [2.75, 3.05) is 26.8 Å². The number of likely N-dealkylation sites (tertiary alicyclic amines) is 1. The quantitative estimate of drug-likeness (QED) is 0.548. The van der Waals surface area contributed by atoms with E-state index in [4.69, 9.17) is 19.5 Å². The van der Waals surface area contributed by atoms with Crippen LogP contribution < -0.4 is 9.47 Å². The standard InChI is InChI=1S/C19H22N2O5/c1-14(19(23)21-10-3-4-11-21)26-18(22)8-6-15-5-7-16(25-12-9-20)17(13-15)24-2/h5-8,13-14H,3-4,10-12H2,1-2H3/b8-6+/t14-/m0/s1. The molecule has 2 rings (SSSR count). The fourth-order valence-corrected chi connectivity index (χ4v) is 2.64. The van der Waals surface area contributed by atoms with Gasteiger partial charge in [0.05, 0.1) is 7.11 Å². The number of nitriles is 1. The number of ether oxygens (including phenoxy) is 3. The van der Waals surface area contributed by atoms with E-state index in [0.29, 0.717) is 17.1 Å². The first kappa shape index (κ1) is 19.3. The Morgan fingerprint density at radius 2 is 2.04 bits per heavy atom. The number of benzene rings is 1. The molecule has 138 valence electrons. The molecule has 1 fully saturated rings. The molecule has 0 N–H and O–H groups in total. The van der Waals surface area contributed by atoms with E-state index in [9.17, 15) is 9.59 Å². The Morgan fingerprint density at radius 3 is 2.69 bits per heavy atom. The number of amides is 1. The van der Waals surface area contributed by atoms with Crippen LogP contribution in [0.25, 0.3) is 6.08 Å². The van der Waals surface area contributed by atoms with Crippen LogP contribution in [0.2, 0.25) is 0 Å². The first-order valence-corrected chi connectivity index (χ1v) is 8.40. The summed E-state index contributed by atoms with van der Waals surface area (Å²) in [4.78, 5) is 25.8. The molecule has 1 aromatic carbocycles. The highest BCUT2D eigenvalue weighted by atomic mass is 16.5. The van der Waals surface area contributed by atoms with Gasteiger partial charge in [0, 0.05) is 19.2 Å². The molecule has 26 heavy (non-hydrogen) atoms. The molecule has 0 spiro atoms. The van der Waals surface area contributed by atoms with E-state index < -0.39 is 12.1 Å². The monoisotopic (exact) mass is 358 g/mol. The highest BCUT2D eigenvalue weighted by Crippen LogP contribution is 2.28. The topological polar surface area (TPSA) is 88.9 Å². The molecule has 0 saturated carbocycles. The van der Waals surface area contributed by atoms with Crippen LogP contribution in [0.1, 0.15) is 25.3 Å². The second kappa shape index (κ2) is 9.47. The maximum absolute atomic E-state index is 12.1. The molecule has 1 saturated heterocycles. The van der Waals surface area contributed by atoms with Gasteiger partial charge in [-0.1, -0.05) is 6.07 Å². The summed E-state index contributed by atoms with van der Waals surface area (Å²) in [7, 11) is 1.49. The van der Waals surface area contributed by atoms with Crippen LogP contribution in [0.15, 0.2) is 24.3 Å². The van der Waals surface area contributed by atoms with E-state index in [2.05, 4.69) is 0 Å². The Bertz CT molecular complexity index is 717. The van der Waals surface area contributed by atoms with Crippen LogP contribution in [-0.4, -0.2) is 49.7 Å².